The molecule has 0 spiro atoms. The van der Waals surface area contributed by atoms with Crippen molar-refractivity contribution < 1.29 is 28.6 Å². The molecule has 0 rings (SSSR count). The van der Waals surface area contributed by atoms with Crippen molar-refractivity contribution in [1.82, 2.24) is 0 Å². The zero-order chi connectivity index (χ0) is 48.6. The number of unbranched alkanes of at least 4 members (excludes halogenated alkanes) is 23. The summed E-state index contributed by atoms with van der Waals surface area (Å²) >= 11 is 0. The van der Waals surface area contributed by atoms with Crippen LogP contribution in [0.1, 0.15) is 252 Å². The van der Waals surface area contributed by atoms with E-state index in [1.807, 2.05) is 0 Å². The van der Waals surface area contributed by atoms with Crippen LogP contribution in [0.5, 0.6) is 0 Å². The van der Waals surface area contributed by atoms with Crippen molar-refractivity contribution in [2.24, 2.45) is 0 Å². The maximum Gasteiger partial charge on any atom is 0.306 e. The molecule has 0 aliphatic heterocycles. The summed E-state index contributed by atoms with van der Waals surface area (Å²) in [6, 6.07) is 0. The highest BCUT2D eigenvalue weighted by Crippen LogP contribution is 2.14. The Morgan fingerprint density at radius 3 is 1.01 bits per heavy atom. The van der Waals surface area contributed by atoms with Crippen molar-refractivity contribution in [3.05, 3.63) is 97.2 Å². The van der Waals surface area contributed by atoms with Crippen LogP contribution in [0, 0.1) is 0 Å². The monoisotopic (exact) mass is 931 g/mol. The molecule has 67 heavy (non-hydrogen) atoms. The number of rotatable bonds is 49. The van der Waals surface area contributed by atoms with E-state index in [9.17, 15) is 14.4 Å². The summed E-state index contributed by atoms with van der Waals surface area (Å²) < 4.78 is 16.8. The average Bonchev–Trinajstić information content (AvgIpc) is 3.33. The summed E-state index contributed by atoms with van der Waals surface area (Å²) in [5.41, 5.74) is 0. The third kappa shape index (κ3) is 53.2. The van der Waals surface area contributed by atoms with E-state index in [1.165, 1.54) is 83.5 Å². The van der Waals surface area contributed by atoms with Crippen molar-refractivity contribution >= 4 is 17.9 Å². The van der Waals surface area contributed by atoms with Crippen LogP contribution in [0.4, 0.5) is 0 Å². The Balaban J connectivity index is 4.46. The van der Waals surface area contributed by atoms with Gasteiger partial charge in [-0.1, -0.05) is 221 Å². The molecular weight excluding hydrogens is 829 g/mol. The molecule has 0 heterocycles. The Hall–Kier alpha value is -3.67. The Kier molecular flexibility index (Phi) is 51.9. The van der Waals surface area contributed by atoms with Crippen LogP contribution in [0.15, 0.2) is 97.2 Å². The molecule has 0 aliphatic rings. The van der Waals surface area contributed by atoms with Crippen molar-refractivity contribution in [2.75, 3.05) is 13.2 Å². The first kappa shape index (κ1) is 63.3. The number of ether oxygens (including phenoxy) is 3. The van der Waals surface area contributed by atoms with Crippen LogP contribution in [0.25, 0.3) is 0 Å². The van der Waals surface area contributed by atoms with Gasteiger partial charge in [0, 0.05) is 19.3 Å². The first-order valence-corrected chi connectivity index (χ1v) is 27.8. The molecule has 0 aliphatic carbocycles. The molecule has 0 amide bonds. The fourth-order valence-corrected chi connectivity index (χ4v) is 7.46. The van der Waals surface area contributed by atoms with E-state index in [1.54, 1.807) is 0 Å². The number of carbonyl (C=O) groups excluding carboxylic acids is 3. The van der Waals surface area contributed by atoms with Gasteiger partial charge in [-0.05, 0) is 109 Å². The topological polar surface area (TPSA) is 78.9 Å². The number of hydrogen-bond acceptors (Lipinski definition) is 6. The van der Waals surface area contributed by atoms with Gasteiger partial charge in [0.25, 0.3) is 0 Å². The van der Waals surface area contributed by atoms with Gasteiger partial charge in [-0.3, -0.25) is 14.4 Å². The summed E-state index contributed by atoms with van der Waals surface area (Å²) in [5, 5.41) is 0. The molecule has 1 atom stereocenters. The number of hydrogen-bond donors (Lipinski definition) is 0. The van der Waals surface area contributed by atoms with E-state index >= 15 is 0 Å². The van der Waals surface area contributed by atoms with Gasteiger partial charge in [0.1, 0.15) is 13.2 Å². The smallest absolute Gasteiger partial charge is 0.306 e. The molecule has 0 bridgehead atoms. The molecule has 0 aromatic carbocycles. The SMILES string of the molecule is CC/C=C\C/C=C\C/C=C\C/C=C\CCCCCCCCC(=O)OCC(COC(=O)CCCCCCCCC/C=C\C/C=C\CC)OC(=O)CCCCC/C=C\C=C/CCCCCCCCC. The lowest BCUT2D eigenvalue weighted by Crippen LogP contribution is -2.30. The number of allylic oxidation sites excluding steroid dienone is 16. The van der Waals surface area contributed by atoms with Crippen LogP contribution in [0.3, 0.4) is 0 Å². The summed E-state index contributed by atoms with van der Waals surface area (Å²) in [6.07, 6.45) is 72.5. The molecule has 382 valence electrons. The van der Waals surface area contributed by atoms with Crippen LogP contribution < -0.4 is 0 Å². The average molecular weight is 931 g/mol. The third-order valence-corrected chi connectivity index (χ3v) is 11.6. The molecule has 0 saturated heterocycles. The predicted octanol–water partition coefficient (Wildman–Crippen LogP) is 18.5. The molecule has 0 radical (unpaired) electrons. The summed E-state index contributed by atoms with van der Waals surface area (Å²) in [6.45, 7) is 6.38. The quantitative estimate of drug-likeness (QED) is 0.0199. The van der Waals surface area contributed by atoms with Crippen molar-refractivity contribution in [1.29, 1.82) is 0 Å². The van der Waals surface area contributed by atoms with Gasteiger partial charge < -0.3 is 14.2 Å². The van der Waals surface area contributed by atoms with Gasteiger partial charge >= 0.3 is 17.9 Å². The Morgan fingerprint density at radius 1 is 0.328 bits per heavy atom. The highest BCUT2D eigenvalue weighted by atomic mass is 16.6. The zero-order valence-corrected chi connectivity index (χ0v) is 43.6. The van der Waals surface area contributed by atoms with E-state index < -0.39 is 6.10 Å². The van der Waals surface area contributed by atoms with Gasteiger partial charge in [-0.25, -0.2) is 0 Å². The van der Waals surface area contributed by atoms with Crippen LogP contribution in [-0.2, 0) is 28.6 Å². The molecule has 0 saturated carbocycles. The Morgan fingerprint density at radius 2 is 0.627 bits per heavy atom. The Labute approximate surface area is 413 Å². The molecule has 0 aromatic heterocycles. The van der Waals surface area contributed by atoms with E-state index in [2.05, 4.69) is 118 Å². The van der Waals surface area contributed by atoms with Gasteiger partial charge in [0.2, 0.25) is 0 Å². The summed E-state index contributed by atoms with van der Waals surface area (Å²) in [7, 11) is 0. The maximum absolute atomic E-state index is 12.8. The molecular formula is C61H102O6. The zero-order valence-electron chi connectivity index (χ0n) is 43.6. The largest absolute Gasteiger partial charge is 0.462 e. The minimum absolute atomic E-state index is 0.0978. The van der Waals surface area contributed by atoms with Gasteiger partial charge in [-0.15, -0.1) is 0 Å². The molecule has 0 fully saturated rings. The third-order valence-electron chi connectivity index (χ3n) is 11.6. The Bertz CT molecular complexity index is 1350. The van der Waals surface area contributed by atoms with Crippen molar-refractivity contribution in [3.63, 3.8) is 0 Å². The van der Waals surface area contributed by atoms with Gasteiger partial charge in [-0.2, -0.15) is 0 Å². The highest BCUT2D eigenvalue weighted by molar-refractivity contribution is 5.71. The predicted molar refractivity (Wildman–Crippen MR) is 288 cm³/mol. The van der Waals surface area contributed by atoms with Crippen LogP contribution >= 0.6 is 0 Å². The summed E-state index contributed by atoms with van der Waals surface area (Å²) in [4.78, 5) is 38.1. The normalized spacial score (nSPS) is 12.8. The fraction of sp³-hybridized carbons (Fsp3) is 0.689. The van der Waals surface area contributed by atoms with E-state index in [-0.39, 0.29) is 37.5 Å². The molecule has 0 N–H and O–H groups in total. The maximum atomic E-state index is 12.8. The number of carbonyl (C=O) groups is 3. The lowest BCUT2D eigenvalue weighted by molar-refractivity contribution is -0.167. The van der Waals surface area contributed by atoms with E-state index in [0.717, 1.165) is 128 Å². The fourth-order valence-electron chi connectivity index (χ4n) is 7.46. The highest BCUT2D eigenvalue weighted by Gasteiger charge is 2.19. The molecule has 1 unspecified atom stereocenters. The van der Waals surface area contributed by atoms with E-state index in [0.29, 0.717) is 12.8 Å². The minimum Gasteiger partial charge on any atom is -0.462 e. The summed E-state index contributed by atoms with van der Waals surface area (Å²) in [5.74, 6) is -0.945. The van der Waals surface area contributed by atoms with Gasteiger partial charge in [0.15, 0.2) is 6.10 Å². The first-order valence-electron chi connectivity index (χ1n) is 27.8. The first-order chi connectivity index (χ1) is 33.0. The molecule has 6 heteroatoms. The molecule has 6 nitrogen and oxygen atoms in total. The second-order valence-corrected chi connectivity index (χ2v) is 18.1. The second-order valence-electron chi connectivity index (χ2n) is 18.1. The van der Waals surface area contributed by atoms with Crippen molar-refractivity contribution in [2.45, 2.75) is 258 Å². The lowest BCUT2D eigenvalue weighted by atomic mass is 10.1. The standard InChI is InChI=1S/C61H102O6/c1-4-7-10-13-16-19-22-25-28-30-31-32-34-36-39-42-45-48-51-54-60(63)66-57-58(56-65-59(62)53-50-47-44-41-38-35-27-24-21-18-15-12-9-6-3)67-61(64)55-52-49-46-43-40-37-33-29-26-23-20-17-14-11-8-5-2/h7,9-10,12,16,18-19,21,25,28-29,31-33,37,40,58H,4-6,8,11,13-15,17,20,22-24,26-27,30,34-36,38-39,41-57H2,1-3H3/b10-7-,12-9-,19-16-,21-18-,28-25-,32-31-,33-29-,40-37-. The van der Waals surface area contributed by atoms with Crippen LogP contribution in [-0.4, -0.2) is 37.2 Å². The minimum atomic E-state index is -0.802. The molecule has 0 aromatic rings. The number of esters is 3. The van der Waals surface area contributed by atoms with Crippen LogP contribution in [0.2, 0.25) is 0 Å². The van der Waals surface area contributed by atoms with Crippen molar-refractivity contribution in [3.8, 4) is 0 Å². The lowest BCUT2D eigenvalue weighted by Gasteiger charge is -2.18. The van der Waals surface area contributed by atoms with Gasteiger partial charge in [0.05, 0.1) is 0 Å². The second kappa shape index (κ2) is 54.9. The van der Waals surface area contributed by atoms with E-state index in [4.69, 9.17) is 14.2 Å².